The van der Waals surface area contributed by atoms with Crippen LogP contribution >= 0.6 is 0 Å². The zero-order chi connectivity index (χ0) is 15.6. The van der Waals surface area contributed by atoms with Gasteiger partial charge in [-0.25, -0.2) is 13.2 Å². The molecule has 1 aliphatic carbocycles. The molecule has 0 unspecified atom stereocenters. The van der Waals surface area contributed by atoms with Gasteiger partial charge in [0.15, 0.2) is 0 Å². The molecule has 0 aliphatic heterocycles. The first-order chi connectivity index (χ1) is 9.91. The van der Waals surface area contributed by atoms with Gasteiger partial charge in [0.1, 0.15) is 10.6 Å². The van der Waals surface area contributed by atoms with Gasteiger partial charge in [-0.15, -0.1) is 0 Å². The number of sulfonamides is 1. The summed E-state index contributed by atoms with van der Waals surface area (Å²) in [6.45, 7) is 1.87. The van der Waals surface area contributed by atoms with Gasteiger partial charge < -0.3 is 14.8 Å². The van der Waals surface area contributed by atoms with Crippen molar-refractivity contribution in [1.29, 1.82) is 0 Å². The summed E-state index contributed by atoms with van der Waals surface area (Å²) in [6.07, 6.45) is 3.75. The van der Waals surface area contributed by atoms with E-state index in [1.54, 1.807) is 0 Å². The van der Waals surface area contributed by atoms with Crippen molar-refractivity contribution >= 4 is 16.0 Å². The molecular formula is C13H20N2O5S. The molecule has 0 bridgehead atoms. The highest BCUT2D eigenvalue weighted by atomic mass is 32.2. The molecule has 0 radical (unpaired) electrons. The van der Waals surface area contributed by atoms with Crippen LogP contribution in [0.15, 0.2) is 17.2 Å². The molecular weight excluding hydrogens is 296 g/mol. The molecule has 8 heteroatoms. The van der Waals surface area contributed by atoms with Crippen LogP contribution in [0.3, 0.4) is 0 Å². The number of carbonyl (C=O) groups is 1. The molecule has 2 N–H and O–H groups in total. The van der Waals surface area contributed by atoms with E-state index < -0.39 is 16.0 Å². The van der Waals surface area contributed by atoms with Gasteiger partial charge in [0.2, 0.25) is 10.0 Å². The SMILES string of the molecule is CCCN(CCO)S(=O)(=O)c1cc(C(=O)O)n(C2CC2)c1. The van der Waals surface area contributed by atoms with Crippen molar-refractivity contribution in [3.63, 3.8) is 0 Å². The van der Waals surface area contributed by atoms with E-state index in [0.29, 0.717) is 13.0 Å². The van der Waals surface area contributed by atoms with Crippen LogP contribution in [-0.2, 0) is 10.0 Å². The smallest absolute Gasteiger partial charge is 0.352 e. The van der Waals surface area contributed by atoms with E-state index in [9.17, 15) is 18.3 Å². The Kier molecular flexibility index (Phi) is 4.70. The largest absolute Gasteiger partial charge is 0.477 e. The molecule has 0 saturated heterocycles. The van der Waals surface area contributed by atoms with Gasteiger partial charge in [0, 0.05) is 25.3 Å². The lowest BCUT2D eigenvalue weighted by Crippen LogP contribution is -2.34. The standard InChI is InChI=1S/C13H20N2O5S/c1-2-5-14(6-7-16)21(19,20)11-8-12(13(17)18)15(9-11)10-3-4-10/h8-10,16H,2-7H2,1H3,(H,17,18). The average Bonchev–Trinajstić information content (AvgIpc) is 3.16. The lowest BCUT2D eigenvalue weighted by Gasteiger charge is -2.19. The second-order valence-electron chi connectivity index (χ2n) is 5.13. The number of hydrogen-bond donors (Lipinski definition) is 2. The Hall–Kier alpha value is -1.38. The number of hydrogen-bond acceptors (Lipinski definition) is 4. The third-order valence-electron chi connectivity index (χ3n) is 3.44. The Labute approximate surface area is 123 Å². The summed E-state index contributed by atoms with van der Waals surface area (Å²) in [4.78, 5) is 11.2. The van der Waals surface area contributed by atoms with Crippen LogP contribution in [-0.4, -0.2) is 53.2 Å². The Morgan fingerprint density at radius 2 is 2.10 bits per heavy atom. The minimum absolute atomic E-state index is 0.00322. The number of carboxylic acid groups (broad SMARTS) is 1. The number of rotatable bonds is 8. The average molecular weight is 316 g/mol. The van der Waals surface area contributed by atoms with Crippen molar-refractivity contribution in [3.8, 4) is 0 Å². The summed E-state index contributed by atoms with van der Waals surface area (Å²) in [6, 6.07) is 1.29. The molecule has 1 aliphatic rings. The normalized spacial score (nSPS) is 15.6. The van der Waals surface area contributed by atoms with Crippen molar-refractivity contribution in [2.45, 2.75) is 37.1 Å². The summed E-state index contributed by atoms with van der Waals surface area (Å²) in [7, 11) is -3.78. The molecule has 1 saturated carbocycles. The molecule has 1 aromatic heterocycles. The minimum Gasteiger partial charge on any atom is -0.477 e. The first-order valence-electron chi connectivity index (χ1n) is 6.98. The lowest BCUT2D eigenvalue weighted by molar-refractivity contribution is 0.0685. The fourth-order valence-electron chi connectivity index (χ4n) is 2.28. The van der Waals surface area contributed by atoms with Gasteiger partial charge in [-0.05, 0) is 25.3 Å². The van der Waals surface area contributed by atoms with Gasteiger partial charge >= 0.3 is 5.97 Å². The van der Waals surface area contributed by atoms with Gasteiger partial charge in [0.05, 0.1) is 6.61 Å². The molecule has 0 amide bonds. The second-order valence-corrected chi connectivity index (χ2v) is 7.07. The van der Waals surface area contributed by atoms with Crippen molar-refractivity contribution < 1.29 is 23.4 Å². The molecule has 7 nitrogen and oxygen atoms in total. The minimum atomic E-state index is -3.78. The molecule has 118 valence electrons. The van der Waals surface area contributed by atoms with Gasteiger partial charge in [-0.2, -0.15) is 4.31 Å². The third kappa shape index (κ3) is 3.28. The van der Waals surface area contributed by atoms with Crippen molar-refractivity contribution in [3.05, 3.63) is 18.0 Å². The molecule has 1 fully saturated rings. The predicted octanol–water partition coefficient (Wildman–Crippen LogP) is 0.914. The van der Waals surface area contributed by atoms with E-state index in [0.717, 1.165) is 12.8 Å². The van der Waals surface area contributed by atoms with Gasteiger partial charge in [0.25, 0.3) is 0 Å². The summed E-state index contributed by atoms with van der Waals surface area (Å²) < 4.78 is 27.8. The van der Waals surface area contributed by atoms with Crippen molar-refractivity contribution in [1.82, 2.24) is 8.87 Å². The Bertz CT molecular complexity index is 613. The van der Waals surface area contributed by atoms with Gasteiger partial charge in [-0.3, -0.25) is 0 Å². The van der Waals surface area contributed by atoms with Crippen molar-refractivity contribution in [2.75, 3.05) is 19.7 Å². The van der Waals surface area contributed by atoms with Crippen LogP contribution in [0.4, 0.5) is 0 Å². The second kappa shape index (κ2) is 6.17. The fraction of sp³-hybridized carbons (Fsp3) is 0.615. The Balaban J connectivity index is 2.39. The molecule has 0 atom stereocenters. The van der Waals surface area contributed by atoms with Crippen LogP contribution in [0.25, 0.3) is 0 Å². The number of carboxylic acids is 1. The lowest BCUT2D eigenvalue weighted by atomic mass is 10.4. The first-order valence-corrected chi connectivity index (χ1v) is 8.42. The van der Waals surface area contributed by atoms with Gasteiger partial charge in [-0.1, -0.05) is 6.92 Å². The van der Waals surface area contributed by atoms with Crippen LogP contribution in [0.5, 0.6) is 0 Å². The van der Waals surface area contributed by atoms with Crippen molar-refractivity contribution in [2.24, 2.45) is 0 Å². The monoisotopic (exact) mass is 316 g/mol. The fourth-order valence-corrected chi connectivity index (χ4v) is 3.83. The summed E-state index contributed by atoms with van der Waals surface area (Å²) in [5.74, 6) is -1.13. The molecule has 2 rings (SSSR count). The van der Waals surface area contributed by atoms with E-state index in [-0.39, 0.29) is 29.8 Å². The van der Waals surface area contributed by atoms with E-state index in [2.05, 4.69) is 0 Å². The summed E-state index contributed by atoms with van der Waals surface area (Å²) >= 11 is 0. The molecule has 0 aromatic carbocycles. The zero-order valence-electron chi connectivity index (χ0n) is 11.9. The van der Waals surface area contributed by atoms with Crippen LogP contribution in [0, 0.1) is 0 Å². The third-order valence-corrected chi connectivity index (χ3v) is 5.31. The van der Waals surface area contributed by atoms with Crippen LogP contribution < -0.4 is 0 Å². The highest BCUT2D eigenvalue weighted by Gasteiger charge is 2.32. The number of aromatic carboxylic acids is 1. The van der Waals surface area contributed by atoms with Crippen LogP contribution in [0.1, 0.15) is 42.7 Å². The summed E-state index contributed by atoms with van der Waals surface area (Å²) in [5.41, 5.74) is -0.00322. The number of aromatic nitrogens is 1. The van der Waals surface area contributed by atoms with E-state index in [1.165, 1.54) is 21.1 Å². The first kappa shape index (κ1) is 16.0. The zero-order valence-corrected chi connectivity index (χ0v) is 12.7. The Morgan fingerprint density at radius 3 is 2.57 bits per heavy atom. The Morgan fingerprint density at radius 1 is 1.43 bits per heavy atom. The van der Waals surface area contributed by atoms with E-state index in [1.807, 2.05) is 6.92 Å². The molecule has 1 aromatic rings. The maximum atomic E-state index is 12.6. The molecule has 21 heavy (non-hydrogen) atoms. The quantitative estimate of drug-likeness (QED) is 0.742. The van der Waals surface area contributed by atoms with E-state index in [4.69, 9.17) is 5.11 Å². The van der Waals surface area contributed by atoms with E-state index >= 15 is 0 Å². The highest BCUT2D eigenvalue weighted by molar-refractivity contribution is 7.89. The maximum absolute atomic E-state index is 12.6. The number of nitrogens with zero attached hydrogens (tertiary/aromatic N) is 2. The van der Waals surface area contributed by atoms with Crippen LogP contribution in [0.2, 0.25) is 0 Å². The topological polar surface area (TPSA) is 99.8 Å². The maximum Gasteiger partial charge on any atom is 0.352 e. The molecule has 1 heterocycles. The highest BCUT2D eigenvalue weighted by Crippen LogP contribution is 2.37. The predicted molar refractivity (Wildman–Crippen MR) is 75.8 cm³/mol. The number of aliphatic hydroxyl groups excluding tert-OH is 1. The number of aliphatic hydroxyl groups is 1. The molecule has 0 spiro atoms. The summed E-state index contributed by atoms with van der Waals surface area (Å²) in [5, 5.41) is 18.2.